The van der Waals surface area contributed by atoms with Gasteiger partial charge in [-0.2, -0.15) is 4.98 Å². The molecule has 1 aromatic carbocycles. The molecular formula is C24H29F2N3O4. The van der Waals surface area contributed by atoms with Crippen molar-refractivity contribution in [3.8, 4) is 5.75 Å². The number of carbonyl (C=O) groups is 1. The number of methoxy groups -OCH3 is 1. The molecule has 1 aromatic heterocycles. The van der Waals surface area contributed by atoms with Gasteiger partial charge in [0.25, 0.3) is 11.9 Å². The molecule has 7 nitrogen and oxygen atoms in total. The molecule has 178 valence electrons. The molecule has 1 amide bonds. The van der Waals surface area contributed by atoms with Crippen LogP contribution < -0.4 is 15.0 Å². The minimum Gasteiger partial charge on any atom is -0.487 e. The van der Waals surface area contributed by atoms with E-state index in [0.29, 0.717) is 43.1 Å². The van der Waals surface area contributed by atoms with E-state index in [9.17, 15) is 13.6 Å². The molecule has 2 aliphatic carbocycles. The maximum atomic E-state index is 14.7. The third kappa shape index (κ3) is 4.07. The summed E-state index contributed by atoms with van der Waals surface area (Å²) in [5.41, 5.74) is -0.449. The van der Waals surface area contributed by atoms with Gasteiger partial charge in [0.2, 0.25) is 0 Å². The summed E-state index contributed by atoms with van der Waals surface area (Å²) < 4.78 is 46.3. The summed E-state index contributed by atoms with van der Waals surface area (Å²) in [5.74, 6) is -0.519. The molecule has 2 saturated carbocycles. The lowest BCUT2D eigenvalue weighted by molar-refractivity contribution is -0.0379. The second-order valence-electron chi connectivity index (χ2n) is 9.40. The van der Waals surface area contributed by atoms with Crippen LogP contribution in [0.1, 0.15) is 55.8 Å². The number of benzene rings is 1. The van der Waals surface area contributed by atoms with Crippen LogP contribution in [-0.2, 0) is 11.2 Å². The van der Waals surface area contributed by atoms with Gasteiger partial charge >= 0.3 is 0 Å². The molecule has 2 aromatic rings. The fourth-order valence-corrected chi connectivity index (χ4v) is 5.00. The van der Waals surface area contributed by atoms with E-state index in [0.717, 1.165) is 31.4 Å². The van der Waals surface area contributed by atoms with Crippen LogP contribution in [0, 0.1) is 23.5 Å². The number of aromatic nitrogens is 1. The van der Waals surface area contributed by atoms with Crippen LogP contribution in [0.2, 0.25) is 0 Å². The van der Waals surface area contributed by atoms with Gasteiger partial charge in [-0.1, -0.05) is 13.8 Å². The van der Waals surface area contributed by atoms with Crippen LogP contribution in [0.25, 0.3) is 0 Å². The summed E-state index contributed by atoms with van der Waals surface area (Å²) in [6, 6.07) is 2.27. The van der Waals surface area contributed by atoms with Gasteiger partial charge in [0.1, 0.15) is 11.4 Å². The number of hydrogen-bond donors (Lipinski definition) is 1. The van der Waals surface area contributed by atoms with Crippen molar-refractivity contribution < 1.29 is 27.5 Å². The Morgan fingerprint density at radius 2 is 1.94 bits per heavy atom. The summed E-state index contributed by atoms with van der Waals surface area (Å²) in [6.45, 7) is 5.10. The fraction of sp³-hybridized carbons (Fsp3) is 0.583. The van der Waals surface area contributed by atoms with Gasteiger partial charge in [0.05, 0.1) is 24.9 Å². The van der Waals surface area contributed by atoms with E-state index in [-0.39, 0.29) is 28.8 Å². The predicted octanol–water partition coefficient (Wildman–Crippen LogP) is 4.56. The predicted molar refractivity (Wildman–Crippen MR) is 118 cm³/mol. The van der Waals surface area contributed by atoms with Crippen molar-refractivity contribution in [2.75, 3.05) is 30.4 Å². The number of rotatable bonds is 8. The van der Waals surface area contributed by atoms with E-state index in [1.807, 2.05) is 18.7 Å². The Balaban J connectivity index is 1.28. The number of aryl methyl sites for hydroxylation is 1. The van der Waals surface area contributed by atoms with Crippen LogP contribution in [0.4, 0.5) is 20.5 Å². The van der Waals surface area contributed by atoms with Gasteiger partial charge in [-0.3, -0.25) is 4.79 Å². The maximum absolute atomic E-state index is 14.7. The second-order valence-corrected chi connectivity index (χ2v) is 9.40. The zero-order chi connectivity index (χ0) is 23.3. The minimum atomic E-state index is -0.764. The molecule has 33 heavy (non-hydrogen) atoms. The van der Waals surface area contributed by atoms with Crippen molar-refractivity contribution in [1.82, 2.24) is 4.98 Å². The van der Waals surface area contributed by atoms with Gasteiger partial charge in [0, 0.05) is 25.7 Å². The third-order valence-electron chi connectivity index (χ3n) is 7.29. The molecule has 2 atom stereocenters. The number of ether oxygens (including phenoxy) is 2. The van der Waals surface area contributed by atoms with Crippen molar-refractivity contribution in [3.05, 3.63) is 35.2 Å². The highest BCUT2D eigenvalue weighted by atomic mass is 19.1. The number of hydrogen-bond acceptors (Lipinski definition) is 6. The largest absolute Gasteiger partial charge is 0.487 e. The number of carbonyl (C=O) groups excluding carboxylic acids is 1. The highest BCUT2D eigenvalue weighted by Crippen LogP contribution is 2.52. The molecule has 2 unspecified atom stereocenters. The van der Waals surface area contributed by atoms with E-state index in [1.54, 1.807) is 7.11 Å². The standard InChI is InChI=1S/C24H29F2N3O4/c1-4-19-21(28-23(33-19)29-11-24(5-2,12-29)31-3)22(30)27-18-9-17(26)20(10-16(18)25)32-15-7-13-6-14(13)8-15/h9-10,13-15H,4-8,11-12H2,1-3H3,(H,27,30). The Labute approximate surface area is 191 Å². The molecule has 5 rings (SSSR count). The average molecular weight is 462 g/mol. The minimum absolute atomic E-state index is 0.0595. The Bertz CT molecular complexity index is 1050. The molecule has 9 heteroatoms. The average Bonchev–Trinajstić information content (AvgIpc) is 3.18. The van der Waals surface area contributed by atoms with E-state index in [2.05, 4.69) is 10.3 Å². The second kappa shape index (κ2) is 8.27. The number of nitrogens with zero attached hydrogens (tertiary/aromatic N) is 2. The lowest BCUT2D eigenvalue weighted by Crippen LogP contribution is -2.62. The van der Waals surface area contributed by atoms with Crippen LogP contribution in [-0.4, -0.2) is 42.8 Å². The number of halogens is 2. The highest BCUT2D eigenvalue weighted by molar-refractivity contribution is 6.03. The van der Waals surface area contributed by atoms with Crippen LogP contribution in [0.15, 0.2) is 16.5 Å². The topological polar surface area (TPSA) is 76.8 Å². The van der Waals surface area contributed by atoms with Gasteiger partial charge in [0.15, 0.2) is 23.1 Å². The van der Waals surface area contributed by atoms with Gasteiger partial charge in [-0.15, -0.1) is 0 Å². The first kappa shape index (κ1) is 22.1. The van der Waals surface area contributed by atoms with Crippen LogP contribution in [0.3, 0.4) is 0 Å². The summed E-state index contributed by atoms with van der Waals surface area (Å²) in [5, 5.41) is 2.43. The smallest absolute Gasteiger partial charge is 0.298 e. The molecule has 3 fully saturated rings. The zero-order valence-corrected chi connectivity index (χ0v) is 19.1. The van der Waals surface area contributed by atoms with E-state index >= 15 is 0 Å². The Hall–Kier alpha value is -2.68. The van der Waals surface area contributed by atoms with Crippen LogP contribution >= 0.6 is 0 Å². The molecule has 1 aliphatic heterocycles. The van der Waals surface area contributed by atoms with Crippen molar-refractivity contribution in [2.24, 2.45) is 11.8 Å². The normalized spacial score (nSPS) is 24.9. The number of fused-ring (bicyclic) bond motifs is 1. The first-order chi connectivity index (χ1) is 15.8. The molecule has 3 aliphatic rings. The Kier molecular flexibility index (Phi) is 5.55. The lowest BCUT2D eigenvalue weighted by atomic mass is 9.91. The van der Waals surface area contributed by atoms with E-state index < -0.39 is 17.5 Å². The van der Waals surface area contributed by atoms with Crippen molar-refractivity contribution >= 4 is 17.6 Å². The monoisotopic (exact) mass is 461 g/mol. The lowest BCUT2D eigenvalue weighted by Gasteiger charge is -2.47. The molecule has 0 radical (unpaired) electrons. The van der Waals surface area contributed by atoms with Gasteiger partial charge < -0.3 is 24.1 Å². The summed E-state index contributed by atoms with van der Waals surface area (Å²) >= 11 is 0. The molecular weight excluding hydrogens is 432 g/mol. The third-order valence-corrected chi connectivity index (χ3v) is 7.29. The number of nitrogens with one attached hydrogen (secondary N) is 1. The summed E-state index contributed by atoms with van der Waals surface area (Å²) in [7, 11) is 1.67. The summed E-state index contributed by atoms with van der Waals surface area (Å²) in [6.07, 6.45) is 4.20. The van der Waals surface area contributed by atoms with Crippen LogP contribution in [0.5, 0.6) is 5.75 Å². The molecule has 0 bridgehead atoms. The number of amides is 1. The Morgan fingerprint density at radius 1 is 1.21 bits per heavy atom. The highest BCUT2D eigenvalue weighted by Gasteiger charge is 2.47. The number of oxazole rings is 1. The van der Waals surface area contributed by atoms with Crippen molar-refractivity contribution in [3.63, 3.8) is 0 Å². The van der Waals surface area contributed by atoms with E-state index in [4.69, 9.17) is 13.9 Å². The first-order valence-electron chi connectivity index (χ1n) is 11.6. The quantitative estimate of drug-likeness (QED) is 0.621. The molecule has 2 heterocycles. The fourth-order valence-electron chi connectivity index (χ4n) is 5.00. The zero-order valence-electron chi connectivity index (χ0n) is 19.1. The Morgan fingerprint density at radius 3 is 2.58 bits per heavy atom. The van der Waals surface area contributed by atoms with Gasteiger partial charge in [-0.05, 0) is 37.5 Å². The number of anilines is 2. The SMILES string of the molecule is CCc1oc(N2CC(CC)(OC)C2)nc1C(=O)Nc1cc(F)c(OC2CC3CC3C2)cc1F. The van der Waals surface area contributed by atoms with Gasteiger partial charge in [-0.25, -0.2) is 8.78 Å². The maximum Gasteiger partial charge on any atom is 0.298 e. The molecule has 1 N–H and O–H groups in total. The summed E-state index contributed by atoms with van der Waals surface area (Å²) in [4.78, 5) is 19.1. The molecule has 1 saturated heterocycles. The van der Waals surface area contributed by atoms with Crippen molar-refractivity contribution in [2.45, 2.75) is 57.7 Å². The molecule has 0 spiro atoms. The van der Waals surface area contributed by atoms with E-state index in [1.165, 1.54) is 6.42 Å². The van der Waals surface area contributed by atoms with Crippen molar-refractivity contribution in [1.29, 1.82) is 0 Å². The first-order valence-corrected chi connectivity index (χ1v) is 11.6.